The summed E-state index contributed by atoms with van der Waals surface area (Å²) in [5.74, 6) is 1.24. The van der Waals surface area contributed by atoms with Gasteiger partial charge in [0.2, 0.25) is 0 Å². The summed E-state index contributed by atoms with van der Waals surface area (Å²) in [6.07, 6.45) is 5.33. The number of aromatic amines is 1. The van der Waals surface area contributed by atoms with Gasteiger partial charge in [-0.3, -0.25) is 0 Å². The standard InChI is InChI=1S/C31H35N3O2.C2H4O.C2H6/c1-21-5-9-24(10-6-21)34-18-15-27-28-20-25(35)11-14-29(28)32-30(27)31(34)22-7-12-26(13-8-22)36-19-16-23-4-3-17-33(23)2;1-2-3;1-2/h5-14,20,23,31-32,35H,3-4,15-19H2,1-2H3;2H,1H3;1-2H3. The first-order chi connectivity index (χ1) is 20.0. The van der Waals surface area contributed by atoms with Crippen LogP contribution in [0.25, 0.3) is 10.9 Å². The maximum Gasteiger partial charge on any atom is 0.119 e. The zero-order valence-corrected chi connectivity index (χ0v) is 25.2. The molecule has 0 saturated carbocycles. The highest BCUT2D eigenvalue weighted by Gasteiger charge is 2.32. The highest BCUT2D eigenvalue weighted by Crippen LogP contribution is 2.41. The molecule has 3 aromatic carbocycles. The topological polar surface area (TPSA) is 68.8 Å². The van der Waals surface area contributed by atoms with Gasteiger partial charge < -0.3 is 29.4 Å². The summed E-state index contributed by atoms with van der Waals surface area (Å²) in [6, 6.07) is 23.8. The van der Waals surface area contributed by atoms with Crippen LogP contribution in [0.4, 0.5) is 5.69 Å². The van der Waals surface area contributed by atoms with E-state index in [1.54, 1.807) is 6.07 Å². The number of aromatic hydroxyl groups is 1. The van der Waals surface area contributed by atoms with E-state index in [4.69, 9.17) is 9.53 Å². The number of aldehydes is 1. The maximum absolute atomic E-state index is 10.1. The van der Waals surface area contributed by atoms with Gasteiger partial charge in [0.15, 0.2) is 0 Å². The van der Waals surface area contributed by atoms with E-state index in [1.807, 2.05) is 26.0 Å². The molecule has 41 heavy (non-hydrogen) atoms. The van der Waals surface area contributed by atoms with Gasteiger partial charge in [-0.15, -0.1) is 0 Å². The fraction of sp³-hybridized carbons (Fsp3) is 0.400. The van der Waals surface area contributed by atoms with Crippen LogP contribution in [0.5, 0.6) is 11.5 Å². The van der Waals surface area contributed by atoms with E-state index in [0.29, 0.717) is 11.8 Å². The summed E-state index contributed by atoms with van der Waals surface area (Å²) in [4.78, 5) is 17.4. The van der Waals surface area contributed by atoms with Gasteiger partial charge in [-0.25, -0.2) is 0 Å². The molecule has 2 atom stereocenters. The molecule has 1 saturated heterocycles. The predicted octanol–water partition coefficient (Wildman–Crippen LogP) is 7.43. The molecule has 0 radical (unpaired) electrons. The quantitative estimate of drug-likeness (QED) is 0.242. The molecule has 6 heteroatoms. The van der Waals surface area contributed by atoms with Crippen molar-refractivity contribution in [3.05, 3.63) is 89.1 Å². The molecule has 2 N–H and O–H groups in total. The Kier molecular flexibility index (Phi) is 10.5. The van der Waals surface area contributed by atoms with Crippen LogP contribution in [0.2, 0.25) is 0 Å². The van der Waals surface area contributed by atoms with Gasteiger partial charge in [0.1, 0.15) is 17.8 Å². The molecule has 0 bridgehead atoms. The predicted molar refractivity (Wildman–Crippen MR) is 169 cm³/mol. The van der Waals surface area contributed by atoms with Crippen LogP contribution < -0.4 is 9.64 Å². The van der Waals surface area contributed by atoms with Crippen LogP contribution in [-0.2, 0) is 11.2 Å². The Bertz CT molecular complexity index is 1390. The van der Waals surface area contributed by atoms with Crippen molar-refractivity contribution in [2.24, 2.45) is 0 Å². The summed E-state index contributed by atoms with van der Waals surface area (Å²) in [5.41, 5.74) is 7.30. The van der Waals surface area contributed by atoms with Gasteiger partial charge >= 0.3 is 0 Å². The minimum absolute atomic E-state index is 0.0622. The zero-order chi connectivity index (χ0) is 29.4. The number of phenolic OH excluding ortho intramolecular Hbond substituents is 1. The van der Waals surface area contributed by atoms with Crippen LogP contribution in [0, 0.1) is 6.92 Å². The van der Waals surface area contributed by atoms with Crippen molar-refractivity contribution in [1.82, 2.24) is 9.88 Å². The molecule has 2 aliphatic heterocycles. The van der Waals surface area contributed by atoms with E-state index in [-0.39, 0.29) is 6.04 Å². The fourth-order valence-electron chi connectivity index (χ4n) is 6.04. The van der Waals surface area contributed by atoms with E-state index < -0.39 is 0 Å². The number of aromatic nitrogens is 1. The third-order valence-electron chi connectivity index (χ3n) is 8.06. The molecule has 6 rings (SSSR count). The first kappa shape index (κ1) is 30.2. The number of likely N-dealkylation sites (tertiary alicyclic amines) is 1. The second kappa shape index (κ2) is 14.2. The number of benzene rings is 3. The van der Waals surface area contributed by atoms with Gasteiger partial charge in [-0.1, -0.05) is 43.7 Å². The summed E-state index contributed by atoms with van der Waals surface area (Å²) in [7, 11) is 2.22. The third-order valence-corrected chi connectivity index (χ3v) is 8.06. The van der Waals surface area contributed by atoms with Gasteiger partial charge in [-0.05, 0) is 107 Å². The van der Waals surface area contributed by atoms with Crippen molar-refractivity contribution in [2.75, 3.05) is 31.6 Å². The number of carbonyl (C=O) groups excluding carboxylic acids is 1. The summed E-state index contributed by atoms with van der Waals surface area (Å²) in [5, 5.41) is 11.3. The number of anilines is 1. The molecule has 2 unspecified atom stereocenters. The SMILES string of the molecule is CC.CC=O.Cc1ccc(N2CCc3c([nH]c4ccc(O)cc34)C2c2ccc(OCCC3CCCN3C)cc2)cc1. The number of rotatable bonds is 6. The molecule has 1 fully saturated rings. The van der Waals surface area contributed by atoms with Crippen molar-refractivity contribution < 1.29 is 14.6 Å². The van der Waals surface area contributed by atoms with Crippen LogP contribution >= 0.6 is 0 Å². The second-order valence-electron chi connectivity index (χ2n) is 10.6. The number of hydrogen-bond donors (Lipinski definition) is 2. The van der Waals surface area contributed by atoms with Gasteiger partial charge in [-0.2, -0.15) is 0 Å². The Morgan fingerprint density at radius 3 is 2.39 bits per heavy atom. The van der Waals surface area contributed by atoms with E-state index in [0.717, 1.165) is 48.9 Å². The average molecular weight is 556 g/mol. The lowest BCUT2D eigenvalue weighted by molar-refractivity contribution is -0.106. The van der Waals surface area contributed by atoms with Gasteiger partial charge in [0.05, 0.1) is 12.6 Å². The van der Waals surface area contributed by atoms with Crippen molar-refractivity contribution in [1.29, 1.82) is 0 Å². The average Bonchev–Trinajstić information content (AvgIpc) is 3.57. The molecular weight excluding hydrogens is 510 g/mol. The largest absolute Gasteiger partial charge is 0.508 e. The van der Waals surface area contributed by atoms with Crippen molar-refractivity contribution in [3.8, 4) is 11.5 Å². The Balaban J connectivity index is 0.000000728. The minimum Gasteiger partial charge on any atom is -0.508 e. The first-order valence-electron chi connectivity index (χ1n) is 15.0. The lowest BCUT2D eigenvalue weighted by Crippen LogP contribution is -2.36. The maximum atomic E-state index is 10.1. The van der Waals surface area contributed by atoms with Crippen molar-refractivity contribution in [2.45, 2.75) is 65.5 Å². The Morgan fingerprint density at radius 1 is 1.02 bits per heavy atom. The second-order valence-corrected chi connectivity index (χ2v) is 10.6. The number of fused-ring (bicyclic) bond motifs is 3. The van der Waals surface area contributed by atoms with Crippen molar-refractivity contribution >= 4 is 22.9 Å². The molecule has 2 aliphatic rings. The molecule has 0 aliphatic carbocycles. The zero-order valence-electron chi connectivity index (χ0n) is 25.2. The van der Waals surface area contributed by atoms with Crippen molar-refractivity contribution in [3.63, 3.8) is 0 Å². The van der Waals surface area contributed by atoms with E-state index in [1.165, 1.54) is 54.4 Å². The Hall–Kier alpha value is -3.77. The summed E-state index contributed by atoms with van der Waals surface area (Å²) < 4.78 is 6.14. The van der Waals surface area contributed by atoms with Crippen LogP contribution in [0.1, 0.15) is 68.5 Å². The van der Waals surface area contributed by atoms with Gasteiger partial charge in [0, 0.05) is 34.9 Å². The molecular formula is C35H45N3O3. The van der Waals surface area contributed by atoms with E-state index in [2.05, 4.69) is 77.3 Å². The monoisotopic (exact) mass is 555 g/mol. The lowest BCUT2D eigenvalue weighted by atomic mass is 9.91. The Morgan fingerprint density at radius 2 is 1.73 bits per heavy atom. The molecule has 3 heterocycles. The molecule has 0 spiro atoms. The highest BCUT2D eigenvalue weighted by molar-refractivity contribution is 5.87. The van der Waals surface area contributed by atoms with Crippen LogP contribution in [-0.4, -0.2) is 54.1 Å². The highest BCUT2D eigenvalue weighted by atomic mass is 16.5. The number of nitrogens with zero attached hydrogens (tertiary/aromatic N) is 2. The molecule has 0 amide bonds. The summed E-state index contributed by atoms with van der Waals surface area (Å²) in [6.45, 7) is 10.4. The first-order valence-corrected chi connectivity index (χ1v) is 15.0. The molecule has 1 aromatic heterocycles. The fourth-order valence-corrected chi connectivity index (χ4v) is 6.04. The number of H-pyrrole nitrogens is 1. The van der Waals surface area contributed by atoms with Crippen LogP contribution in [0.3, 0.4) is 0 Å². The molecule has 6 nitrogen and oxygen atoms in total. The number of nitrogens with one attached hydrogen (secondary N) is 1. The van der Waals surface area contributed by atoms with Crippen LogP contribution in [0.15, 0.2) is 66.7 Å². The number of ether oxygens (including phenoxy) is 1. The Labute approximate surface area is 244 Å². The van der Waals surface area contributed by atoms with E-state index >= 15 is 0 Å². The van der Waals surface area contributed by atoms with Gasteiger partial charge in [0.25, 0.3) is 0 Å². The molecule has 218 valence electrons. The summed E-state index contributed by atoms with van der Waals surface area (Å²) >= 11 is 0. The molecule has 4 aromatic rings. The minimum atomic E-state index is 0.0622. The number of hydrogen-bond acceptors (Lipinski definition) is 5. The lowest BCUT2D eigenvalue weighted by Gasteiger charge is -2.38. The third kappa shape index (κ3) is 6.94. The number of aryl methyl sites for hydroxylation is 1. The van der Waals surface area contributed by atoms with E-state index in [9.17, 15) is 5.11 Å². The normalized spacial score (nSPS) is 18.1. The smallest absolute Gasteiger partial charge is 0.119 e. The number of carbonyl (C=O) groups is 1. The number of phenols is 1.